The minimum Gasteiger partial charge on any atom is -0.336 e. The van der Waals surface area contributed by atoms with Crippen molar-refractivity contribution in [1.29, 1.82) is 0 Å². The Morgan fingerprint density at radius 2 is 1.64 bits per heavy atom. The maximum Gasteiger partial charge on any atom is 0.416 e. The van der Waals surface area contributed by atoms with Gasteiger partial charge in [-0.3, -0.25) is 24.4 Å². The van der Waals surface area contributed by atoms with Crippen molar-refractivity contribution in [1.82, 2.24) is 19.8 Å². The molecule has 0 saturated carbocycles. The molecule has 12 heteroatoms. The number of fused-ring (bicyclic) bond motifs is 1. The normalized spacial score (nSPS) is 14.9. The molecular weight excluding hydrogens is 531 g/mol. The first-order valence-electron chi connectivity index (χ1n) is 12.1. The number of sulfonamides is 1. The minimum absolute atomic E-state index is 0.0484. The van der Waals surface area contributed by atoms with Gasteiger partial charge >= 0.3 is 6.18 Å². The number of piperazine rings is 1. The van der Waals surface area contributed by atoms with E-state index in [1.165, 1.54) is 30.6 Å². The molecule has 2 aromatic heterocycles. The van der Waals surface area contributed by atoms with E-state index >= 15 is 0 Å². The molecule has 1 N–H and O–H groups in total. The zero-order valence-corrected chi connectivity index (χ0v) is 21.4. The van der Waals surface area contributed by atoms with Gasteiger partial charge in [0.1, 0.15) is 4.90 Å². The maximum atomic E-state index is 13.3. The Balaban J connectivity index is 1.21. The van der Waals surface area contributed by atoms with Crippen molar-refractivity contribution in [3.05, 3.63) is 95.9 Å². The van der Waals surface area contributed by atoms with Crippen LogP contribution in [-0.4, -0.2) is 60.3 Å². The molecule has 0 spiro atoms. The van der Waals surface area contributed by atoms with Gasteiger partial charge in [0, 0.05) is 68.0 Å². The Morgan fingerprint density at radius 3 is 2.36 bits per heavy atom. The Hall–Kier alpha value is -4.03. The van der Waals surface area contributed by atoms with E-state index in [2.05, 4.69) is 14.7 Å². The second-order valence-electron chi connectivity index (χ2n) is 9.11. The number of pyridine rings is 2. The zero-order valence-electron chi connectivity index (χ0n) is 20.6. The molecule has 1 saturated heterocycles. The number of hydrogen-bond acceptors (Lipinski definition) is 6. The first-order chi connectivity index (χ1) is 18.6. The smallest absolute Gasteiger partial charge is 0.336 e. The summed E-state index contributed by atoms with van der Waals surface area (Å²) in [6.07, 6.45) is -0.574. The summed E-state index contributed by atoms with van der Waals surface area (Å²) in [6, 6.07) is 15.5. The summed E-state index contributed by atoms with van der Waals surface area (Å²) in [4.78, 5) is 24.6. The molecule has 0 aliphatic carbocycles. The Labute approximate surface area is 223 Å². The van der Waals surface area contributed by atoms with Gasteiger partial charge in [0.05, 0.1) is 11.1 Å². The Bertz CT molecular complexity index is 1600. The van der Waals surface area contributed by atoms with Crippen LogP contribution in [-0.2, 0) is 22.7 Å². The van der Waals surface area contributed by atoms with Crippen LogP contribution in [0.2, 0.25) is 0 Å². The Morgan fingerprint density at radius 1 is 0.923 bits per heavy atom. The van der Waals surface area contributed by atoms with Crippen LogP contribution in [0, 0.1) is 0 Å². The summed E-state index contributed by atoms with van der Waals surface area (Å²) in [7, 11) is -3.93. The number of carbonyl (C=O) groups is 1. The summed E-state index contributed by atoms with van der Waals surface area (Å²) in [5, 5.41) is 0.697. The third-order valence-electron chi connectivity index (χ3n) is 6.53. The molecule has 2 aromatic carbocycles. The number of anilines is 1. The van der Waals surface area contributed by atoms with E-state index in [4.69, 9.17) is 0 Å². The van der Waals surface area contributed by atoms with E-state index in [0.29, 0.717) is 48.3 Å². The predicted molar refractivity (Wildman–Crippen MR) is 139 cm³/mol. The highest BCUT2D eigenvalue weighted by molar-refractivity contribution is 7.93. The topological polar surface area (TPSA) is 95.5 Å². The third-order valence-corrected chi connectivity index (χ3v) is 7.94. The number of carbonyl (C=O) groups excluding carboxylic acids is 1. The van der Waals surface area contributed by atoms with Crippen molar-refractivity contribution in [3.8, 4) is 0 Å². The fraction of sp³-hybridized carbons (Fsp3) is 0.222. The first kappa shape index (κ1) is 26.6. The van der Waals surface area contributed by atoms with E-state index in [-0.39, 0.29) is 22.9 Å². The van der Waals surface area contributed by atoms with Crippen LogP contribution in [0.4, 0.5) is 18.9 Å². The molecule has 1 amide bonds. The number of aromatic nitrogens is 2. The van der Waals surface area contributed by atoms with Gasteiger partial charge in [0.25, 0.3) is 15.9 Å². The van der Waals surface area contributed by atoms with Crippen LogP contribution >= 0.6 is 0 Å². The van der Waals surface area contributed by atoms with Crippen LogP contribution in [0.3, 0.4) is 0 Å². The number of rotatable bonds is 6. The number of halogens is 3. The lowest BCUT2D eigenvalue weighted by molar-refractivity contribution is -0.138. The summed E-state index contributed by atoms with van der Waals surface area (Å²) in [6.45, 7) is 1.61. The minimum atomic E-state index is -4.46. The van der Waals surface area contributed by atoms with E-state index in [1.807, 2.05) is 4.90 Å². The Kier molecular flexibility index (Phi) is 7.23. The second-order valence-corrected chi connectivity index (χ2v) is 10.8. The summed E-state index contributed by atoms with van der Waals surface area (Å²) in [5.74, 6) is -0.236. The lowest BCUT2D eigenvalue weighted by atomic mass is 10.1. The SMILES string of the molecule is O=C(c1ccc(NS(=O)(=O)c2cccc3cccnc23)cc1)N1CCN(Cc2cnccc2C(F)(F)F)CC1. The van der Waals surface area contributed by atoms with Crippen LogP contribution < -0.4 is 4.72 Å². The number of alkyl halides is 3. The van der Waals surface area contributed by atoms with Gasteiger partial charge in [-0.15, -0.1) is 0 Å². The van der Waals surface area contributed by atoms with Crippen molar-refractivity contribution in [2.45, 2.75) is 17.6 Å². The average molecular weight is 556 g/mol. The molecule has 202 valence electrons. The standard InChI is InChI=1S/C27H24F3N5O3S/c28-27(29,30)23-10-12-31-17-21(23)18-34-13-15-35(16-14-34)26(36)20-6-8-22(9-7-20)33-39(37,38)24-5-1-3-19-4-2-11-32-25(19)24/h1-12,17,33H,13-16,18H2. The number of amides is 1. The largest absolute Gasteiger partial charge is 0.416 e. The van der Waals surface area contributed by atoms with Crippen LogP contribution in [0.5, 0.6) is 0 Å². The highest BCUT2D eigenvalue weighted by Gasteiger charge is 2.34. The van der Waals surface area contributed by atoms with Crippen molar-refractivity contribution in [3.63, 3.8) is 0 Å². The van der Waals surface area contributed by atoms with Gasteiger partial charge < -0.3 is 4.90 Å². The van der Waals surface area contributed by atoms with Crippen LogP contribution in [0.15, 0.2) is 84.1 Å². The molecule has 1 aliphatic heterocycles. The van der Waals surface area contributed by atoms with Gasteiger partial charge in [0.15, 0.2) is 0 Å². The van der Waals surface area contributed by atoms with Crippen molar-refractivity contribution in [2.75, 3.05) is 30.9 Å². The molecule has 3 heterocycles. The molecule has 1 aliphatic rings. The highest BCUT2D eigenvalue weighted by Crippen LogP contribution is 2.32. The number of nitrogens with zero attached hydrogens (tertiary/aromatic N) is 4. The van der Waals surface area contributed by atoms with E-state index in [1.54, 1.807) is 41.3 Å². The lowest BCUT2D eigenvalue weighted by Gasteiger charge is -2.35. The predicted octanol–water partition coefficient (Wildman–Crippen LogP) is 4.41. The number of nitrogens with one attached hydrogen (secondary N) is 1. The molecule has 0 atom stereocenters. The molecule has 5 rings (SSSR count). The quantitative estimate of drug-likeness (QED) is 0.379. The van der Waals surface area contributed by atoms with Crippen molar-refractivity contribution < 1.29 is 26.4 Å². The van der Waals surface area contributed by atoms with Gasteiger partial charge in [-0.1, -0.05) is 18.2 Å². The van der Waals surface area contributed by atoms with E-state index < -0.39 is 21.8 Å². The van der Waals surface area contributed by atoms with Gasteiger partial charge in [-0.05, 0) is 48.0 Å². The molecule has 39 heavy (non-hydrogen) atoms. The van der Waals surface area contributed by atoms with E-state index in [9.17, 15) is 26.4 Å². The van der Waals surface area contributed by atoms with Crippen LogP contribution in [0.1, 0.15) is 21.5 Å². The van der Waals surface area contributed by atoms with Gasteiger partial charge in [-0.25, -0.2) is 8.42 Å². The average Bonchev–Trinajstić information content (AvgIpc) is 2.93. The lowest BCUT2D eigenvalue weighted by Crippen LogP contribution is -2.48. The summed E-state index contributed by atoms with van der Waals surface area (Å²) >= 11 is 0. The third kappa shape index (κ3) is 5.86. The zero-order chi connectivity index (χ0) is 27.6. The summed E-state index contributed by atoms with van der Waals surface area (Å²) in [5.41, 5.74) is 0.424. The van der Waals surface area contributed by atoms with Crippen molar-refractivity contribution >= 4 is 32.5 Å². The molecule has 0 bridgehead atoms. The van der Waals surface area contributed by atoms with E-state index in [0.717, 1.165) is 12.3 Å². The number of benzene rings is 2. The molecule has 1 fully saturated rings. The molecule has 4 aromatic rings. The molecular formula is C27H24F3N5O3S. The summed E-state index contributed by atoms with van der Waals surface area (Å²) < 4.78 is 68.4. The van der Waals surface area contributed by atoms with Gasteiger partial charge in [-0.2, -0.15) is 13.2 Å². The highest BCUT2D eigenvalue weighted by atomic mass is 32.2. The number of para-hydroxylation sites is 1. The molecule has 8 nitrogen and oxygen atoms in total. The number of hydrogen-bond donors (Lipinski definition) is 1. The van der Waals surface area contributed by atoms with Gasteiger partial charge in [0.2, 0.25) is 0 Å². The monoisotopic (exact) mass is 555 g/mol. The molecule has 0 unspecified atom stereocenters. The maximum absolute atomic E-state index is 13.3. The fourth-order valence-electron chi connectivity index (χ4n) is 4.55. The molecule has 0 radical (unpaired) electrons. The fourth-order valence-corrected chi connectivity index (χ4v) is 5.79. The van der Waals surface area contributed by atoms with Crippen LogP contribution in [0.25, 0.3) is 10.9 Å². The second kappa shape index (κ2) is 10.6. The van der Waals surface area contributed by atoms with Crippen molar-refractivity contribution in [2.24, 2.45) is 0 Å². The first-order valence-corrected chi connectivity index (χ1v) is 13.6.